The number of rotatable bonds is 4. The summed E-state index contributed by atoms with van der Waals surface area (Å²) in [5.41, 5.74) is 4.55. The average molecular weight is 269 g/mol. The Kier molecular flexibility index (Phi) is 3.54. The lowest BCUT2D eigenvalue weighted by Crippen LogP contribution is -2.23. The molecule has 1 aliphatic carbocycles. The summed E-state index contributed by atoms with van der Waals surface area (Å²) in [6, 6.07) is 7.62. The summed E-state index contributed by atoms with van der Waals surface area (Å²) in [4.78, 5) is 16.5. The van der Waals surface area contributed by atoms with Gasteiger partial charge in [-0.15, -0.1) is 0 Å². The summed E-state index contributed by atoms with van der Waals surface area (Å²) in [5, 5.41) is 3.27. The van der Waals surface area contributed by atoms with E-state index in [-0.39, 0.29) is 5.56 Å². The maximum absolute atomic E-state index is 12.1. The van der Waals surface area contributed by atoms with Gasteiger partial charge in [-0.05, 0) is 43.9 Å². The molecule has 0 fully saturated rings. The van der Waals surface area contributed by atoms with Crippen LogP contribution in [0.1, 0.15) is 30.3 Å². The highest BCUT2D eigenvalue weighted by molar-refractivity contribution is 5.43. The number of fused-ring (bicyclic) bond motifs is 1. The van der Waals surface area contributed by atoms with Crippen LogP contribution in [0, 0.1) is 0 Å². The van der Waals surface area contributed by atoms with Gasteiger partial charge in [-0.1, -0.05) is 6.07 Å². The van der Waals surface area contributed by atoms with Crippen LogP contribution in [-0.2, 0) is 19.4 Å². The van der Waals surface area contributed by atoms with Crippen molar-refractivity contribution in [3.05, 3.63) is 57.8 Å². The number of nitrogens with zero attached hydrogens (tertiary/aromatic N) is 2. The lowest BCUT2D eigenvalue weighted by molar-refractivity contribution is 0.693. The number of nitrogens with one attached hydrogen (secondary N) is 1. The van der Waals surface area contributed by atoms with Crippen molar-refractivity contribution in [1.29, 1.82) is 0 Å². The third-order valence-electron chi connectivity index (χ3n) is 3.77. The molecule has 0 saturated carbocycles. The Bertz CT molecular complexity index is 676. The van der Waals surface area contributed by atoms with Gasteiger partial charge in [-0.3, -0.25) is 9.78 Å². The second kappa shape index (κ2) is 5.49. The van der Waals surface area contributed by atoms with Gasteiger partial charge < -0.3 is 9.88 Å². The Morgan fingerprint density at radius 2 is 2.20 bits per heavy atom. The quantitative estimate of drug-likeness (QED) is 0.925. The fourth-order valence-electron chi connectivity index (χ4n) is 2.85. The molecule has 0 aromatic carbocycles. The monoisotopic (exact) mass is 269 g/mol. The van der Waals surface area contributed by atoms with Gasteiger partial charge in [-0.25, -0.2) is 0 Å². The highest BCUT2D eigenvalue weighted by Gasteiger charge is 2.16. The lowest BCUT2D eigenvalue weighted by Gasteiger charge is -2.12. The Morgan fingerprint density at radius 1 is 1.30 bits per heavy atom. The van der Waals surface area contributed by atoms with Crippen molar-refractivity contribution in [2.75, 3.05) is 11.9 Å². The summed E-state index contributed by atoms with van der Waals surface area (Å²) in [6.45, 7) is 3.50. The smallest absolute Gasteiger partial charge is 0.251 e. The molecular weight excluding hydrogens is 250 g/mol. The Hall–Kier alpha value is -2.10. The summed E-state index contributed by atoms with van der Waals surface area (Å²) < 4.78 is 1.88. The van der Waals surface area contributed by atoms with Gasteiger partial charge >= 0.3 is 0 Å². The average Bonchev–Trinajstić information content (AvgIpc) is 2.91. The molecule has 0 saturated heterocycles. The van der Waals surface area contributed by atoms with E-state index in [1.807, 2.05) is 22.8 Å². The molecule has 0 atom stereocenters. The maximum Gasteiger partial charge on any atom is 0.251 e. The molecule has 104 valence electrons. The van der Waals surface area contributed by atoms with Crippen molar-refractivity contribution in [1.82, 2.24) is 9.55 Å². The van der Waals surface area contributed by atoms with E-state index in [2.05, 4.69) is 17.2 Å². The first kappa shape index (κ1) is 12.9. The fraction of sp³-hybridized carbons (Fsp3) is 0.375. The molecule has 0 spiro atoms. The first-order chi connectivity index (χ1) is 9.78. The van der Waals surface area contributed by atoms with Gasteiger partial charge in [0.05, 0.1) is 12.2 Å². The number of pyridine rings is 2. The predicted octanol–water partition coefficient (Wildman–Crippen LogP) is 2.21. The minimum atomic E-state index is 0.0707. The number of hydrogen-bond acceptors (Lipinski definition) is 3. The molecule has 2 aromatic rings. The highest BCUT2D eigenvalue weighted by atomic mass is 16.1. The molecule has 4 heteroatoms. The van der Waals surface area contributed by atoms with Gasteiger partial charge in [0, 0.05) is 30.2 Å². The van der Waals surface area contributed by atoms with E-state index in [1.165, 1.54) is 11.3 Å². The lowest BCUT2D eigenvalue weighted by atomic mass is 10.2. The summed E-state index contributed by atoms with van der Waals surface area (Å²) in [6.07, 6.45) is 5.02. The van der Waals surface area contributed by atoms with Crippen LogP contribution in [0.15, 0.2) is 35.3 Å². The predicted molar refractivity (Wildman–Crippen MR) is 80.2 cm³/mol. The van der Waals surface area contributed by atoms with E-state index in [0.717, 1.165) is 37.2 Å². The van der Waals surface area contributed by atoms with Crippen LogP contribution in [0.3, 0.4) is 0 Å². The van der Waals surface area contributed by atoms with Crippen molar-refractivity contribution in [3.8, 4) is 0 Å². The van der Waals surface area contributed by atoms with Crippen LogP contribution in [0.5, 0.6) is 0 Å². The zero-order chi connectivity index (χ0) is 13.9. The van der Waals surface area contributed by atoms with E-state index < -0.39 is 0 Å². The number of hydrogen-bond donors (Lipinski definition) is 1. The molecule has 0 amide bonds. The van der Waals surface area contributed by atoms with Crippen LogP contribution < -0.4 is 10.9 Å². The second-order valence-electron chi connectivity index (χ2n) is 5.15. The summed E-state index contributed by atoms with van der Waals surface area (Å²) in [5.74, 6) is 0. The van der Waals surface area contributed by atoms with Crippen LogP contribution >= 0.6 is 0 Å². The van der Waals surface area contributed by atoms with Gasteiger partial charge in [0.2, 0.25) is 0 Å². The summed E-state index contributed by atoms with van der Waals surface area (Å²) >= 11 is 0. The molecule has 0 bridgehead atoms. The molecule has 2 heterocycles. The molecule has 20 heavy (non-hydrogen) atoms. The molecule has 2 aromatic heterocycles. The first-order valence-corrected chi connectivity index (χ1v) is 7.18. The largest absolute Gasteiger partial charge is 0.385 e. The van der Waals surface area contributed by atoms with Crippen LogP contribution in [-0.4, -0.2) is 16.1 Å². The second-order valence-corrected chi connectivity index (χ2v) is 5.15. The summed E-state index contributed by atoms with van der Waals surface area (Å²) in [7, 11) is 0. The van der Waals surface area contributed by atoms with Crippen molar-refractivity contribution < 1.29 is 0 Å². The van der Waals surface area contributed by atoms with Crippen LogP contribution in [0.4, 0.5) is 5.69 Å². The zero-order valence-corrected chi connectivity index (χ0v) is 11.7. The van der Waals surface area contributed by atoms with Gasteiger partial charge in [-0.2, -0.15) is 0 Å². The topological polar surface area (TPSA) is 46.9 Å². The van der Waals surface area contributed by atoms with E-state index >= 15 is 0 Å². The van der Waals surface area contributed by atoms with Crippen LogP contribution in [0.2, 0.25) is 0 Å². The molecule has 1 aliphatic rings. The van der Waals surface area contributed by atoms with Crippen molar-refractivity contribution >= 4 is 5.69 Å². The van der Waals surface area contributed by atoms with E-state index in [9.17, 15) is 4.79 Å². The third kappa shape index (κ3) is 2.46. The zero-order valence-electron chi connectivity index (χ0n) is 11.7. The Morgan fingerprint density at radius 3 is 3.05 bits per heavy atom. The van der Waals surface area contributed by atoms with Gasteiger partial charge in [0.1, 0.15) is 0 Å². The molecule has 0 unspecified atom stereocenters. The van der Waals surface area contributed by atoms with Gasteiger partial charge in [0.25, 0.3) is 5.56 Å². The number of anilines is 1. The minimum absolute atomic E-state index is 0.0707. The van der Waals surface area contributed by atoms with Crippen LogP contribution in [0.25, 0.3) is 0 Å². The molecule has 0 aliphatic heterocycles. The van der Waals surface area contributed by atoms with Crippen molar-refractivity contribution in [2.24, 2.45) is 0 Å². The SMILES string of the molecule is CCNc1ccnc(Cn2c3c(ccc2=O)CCC3)c1. The maximum atomic E-state index is 12.1. The minimum Gasteiger partial charge on any atom is -0.385 e. The first-order valence-electron chi connectivity index (χ1n) is 7.18. The van der Waals surface area contributed by atoms with Crippen molar-refractivity contribution in [2.45, 2.75) is 32.7 Å². The molecular formula is C16H19N3O. The molecule has 4 nitrogen and oxygen atoms in total. The van der Waals surface area contributed by atoms with E-state index in [0.29, 0.717) is 6.54 Å². The normalized spacial score (nSPS) is 13.2. The fourth-order valence-corrected chi connectivity index (χ4v) is 2.85. The molecule has 1 N–H and O–H groups in total. The molecule has 3 rings (SSSR count). The molecule has 0 radical (unpaired) electrons. The highest BCUT2D eigenvalue weighted by Crippen LogP contribution is 2.20. The number of aryl methyl sites for hydroxylation is 1. The van der Waals surface area contributed by atoms with E-state index in [4.69, 9.17) is 0 Å². The Balaban J connectivity index is 1.94. The van der Waals surface area contributed by atoms with Crippen molar-refractivity contribution in [3.63, 3.8) is 0 Å². The van der Waals surface area contributed by atoms with Gasteiger partial charge in [0.15, 0.2) is 0 Å². The number of aromatic nitrogens is 2. The van der Waals surface area contributed by atoms with E-state index in [1.54, 1.807) is 12.3 Å². The Labute approximate surface area is 118 Å². The third-order valence-corrected chi connectivity index (χ3v) is 3.77. The standard InChI is InChI=1S/C16H19N3O/c1-2-17-13-8-9-18-14(10-13)11-19-15-5-3-4-12(15)6-7-16(19)20/h6-10H,2-5,11H2,1H3,(H,17,18).